The van der Waals surface area contributed by atoms with E-state index in [1.807, 2.05) is 12.1 Å². The second kappa shape index (κ2) is 6.78. The first-order valence-corrected chi connectivity index (χ1v) is 8.35. The van der Waals surface area contributed by atoms with Crippen LogP contribution in [0.4, 0.5) is 0 Å². The van der Waals surface area contributed by atoms with Crippen molar-refractivity contribution in [3.63, 3.8) is 0 Å². The van der Waals surface area contributed by atoms with Crippen LogP contribution in [0.25, 0.3) is 0 Å². The lowest BCUT2D eigenvalue weighted by Gasteiger charge is -2.48. The number of likely N-dealkylation sites (tertiary alicyclic amines) is 1. The summed E-state index contributed by atoms with van der Waals surface area (Å²) < 4.78 is 0. The molecule has 0 aromatic heterocycles. The van der Waals surface area contributed by atoms with Crippen LogP contribution in [0.2, 0.25) is 0 Å². The zero-order valence-electron chi connectivity index (χ0n) is 13.7. The maximum atomic E-state index is 8.83. The number of nitrogens with zero attached hydrogens (tertiary/aromatic N) is 4. The van der Waals surface area contributed by atoms with Crippen molar-refractivity contribution >= 4 is 0 Å². The first-order chi connectivity index (χ1) is 10.7. The number of piperazine rings is 1. The highest BCUT2D eigenvalue weighted by molar-refractivity contribution is 5.31. The second-order valence-electron chi connectivity index (χ2n) is 6.82. The molecule has 0 bridgehead atoms. The predicted molar refractivity (Wildman–Crippen MR) is 88.5 cm³/mol. The normalized spacial score (nSPS) is 21.7. The standard InChI is InChI=1S/C18H26N4/c1-15(2)21-7-9-22(10-8-21)18-13-20(14-18)12-17-5-3-16(11-19)4-6-17/h3-6,15,18H,7-10,12-14H2,1-2H3. The number of hydrogen-bond donors (Lipinski definition) is 0. The van der Waals surface area contributed by atoms with Crippen LogP contribution in [0.3, 0.4) is 0 Å². The summed E-state index contributed by atoms with van der Waals surface area (Å²) in [4.78, 5) is 7.73. The Morgan fingerprint density at radius 2 is 1.73 bits per heavy atom. The molecule has 0 radical (unpaired) electrons. The van der Waals surface area contributed by atoms with Gasteiger partial charge in [-0.25, -0.2) is 0 Å². The lowest BCUT2D eigenvalue weighted by atomic mass is 10.0. The third kappa shape index (κ3) is 3.49. The van der Waals surface area contributed by atoms with Crippen molar-refractivity contribution in [2.45, 2.75) is 32.5 Å². The van der Waals surface area contributed by atoms with Crippen LogP contribution in [0.15, 0.2) is 24.3 Å². The minimum atomic E-state index is 0.677. The van der Waals surface area contributed by atoms with Crippen LogP contribution in [-0.4, -0.2) is 66.1 Å². The van der Waals surface area contributed by atoms with Gasteiger partial charge in [-0.1, -0.05) is 12.1 Å². The lowest BCUT2D eigenvalue weighted by Crippen LogP contribution is -2.63. The van der Waals surface area contributed by atoms with E-state index in [1.165, 1.54) is 44.8 Å². The molecule has 2 saturated heterocycles. The van der Waals surface area contributed by atoms with Crippen molar-refractivity contribution in [2.75, 3.05) is 39.3 Å². The van der Waals surface area contributed by atoms with Crippen LogP contribution in [-0.2, 0) is 6.54 Å². The molecule has 2 aliphatic heterocycles. The summed E-state index contributed by atoms with van der Waals surface area (Å²) in [6.45, 7) is 12.8. The van der Waals surface area contributed by atoms with Crippen molar-refractivity contribution < 1.29 is 0 Å². The van der Waals surface area contributed by atoms with Gasteiger partial charge in [0.25, 0.3) is 0 Å². The third-order valence-corrected chi connectivity index (χ3v) is 5.02. The van der Waals surface area contributed by atoms with Gasteiger partial charge in [-0.05, 0) is 31.5 Å². The summed E-state index contributed by atoms with van der Waals surface area (Å²) in [7, 11) is 0. The first-order valence-electron chi connectivity index (χ1n) is 8.35. The number of rotatable bonds is 4. The molecular weight excluding hydrogens is 272 g/mol. The Morgan fingerprint density at radius 3 is 2.27 bits per heavy atom. The molecule has 4 heteroatoms. The summed E-state index contributed by atoms with van der Waals surface area (Å²) in [5.41, 5.74) is 2.05. The molecule has 0 aliphatic carbocycles. The minimum Gasteiger partial charge on any atom is -0.298 e. The number of nitriles is 1. The van der Waals surface area contributed by atoms with Gasteiger partial charge in [0.15, 0.2) is 0 Å². The monoisotopic (exact) mass is 298 g/mol. The molecule has 22 heavy (non-hydrogen) atoms. The number of hydrogen-bond acceptors (Lipinski definition) is 4. The molecule has 4 nitrogen and oxygen atoms in total. The summed E-state index contributed by atoms with van der Waals surface area (Å²) in [6.07, 6.45) is 0. The van der Waals surface area contributed by atoms with Gasteiger partial charge in [0, 0.05) is 57.9 Å². The molecule has 0 atom stereocenters. The zero-order chi connectivity index (χ0) is 15.5. The van der Waals surface area contributed by atoms with Gasteiger partial charge >= 0.3 is 0 Å². The smallest absolute Gasteiger partial charge is 0.0991 e. The Kier molecular flexibility index (Phi) is 4.77. The number of benzene rings is 1. The van der Waals surface area contributed by atoms with E-state index in [9.17, 15) is 0 Å². The average molecular weight is 298 g/mol. The quantitative estimate of drug-likeness (QED) is 0.848. The van der Waals surface area contributed by atoms with E-state index in [-0.39, 0.29) is 0 Å². The molecule has 0 spiro atoms. The largest absolute Gasteiger partial charge is 0.298 e. The van der Waals surface area contributed by atoms with E-state index in [1.54, 1.807) is 0 Å². The minimum absolute atomic E-state index is 0.677. The lowest BCUT2D eigenvalue weighted by molar-refractivity contribution is -0.00412. The van der Waals surface area contributed by atoms with E-state index >= 15 is 0 Å². The Labute approximate surface area is 133 Å². The Balaban J connectivity index is 1.42. The molecule has 2 aliphatic rings. The van der Waals surface area contributed by atoms with Gasteiger partial charge in [0.05, 0.1) is 11.6 Å². The fourth-order valence-corrected chi connectivity index (χ4v) is 3.46. The fourth-order valence-electron chi connectivity index (χ4n) is 3.46. The summed E-state index contributed by atoms with van der Waals surface area (Å²) in [6, 6.07) is 11.6. The Morgan fingerprint density at radius 1 is 1.09 bits per heavy atom. The molecular formula is C18H26N4. The first kappa shape index (κ1) is 15.5. The maximum absolute atomic E-state index is 8.83. The van der Waals surface area contributed by atoms with Gasteiger partial charge in [0.2, 0.25) is 0 Å². The Bertz CT molecular complexity index is 517. The van der Waals surface area contributed by atoms with Crippen LogP contribution < -0.4 is 0 Å². The third-order valence-electron chi connectivity index (χ3n) is 5.02. The highest BCUT2D eigenvalue weighted by atomic mass is 15.3. The van der Waals surface area contributed by atoms with E-state index in [0.717, 1.165) is 18.2 Å². The molecule has 3 rings (SSSR count). The van der Waals surface area contributed by atoms with Crippen LogP contribution in [0.1, 0.15) is 25.0 Å². The molecule has 0 saturated carbocycles. The maximum Gasteiger partial charge on any atom is 0.0991 e. The van der Waals surface area contributed by atoms with E-state index in [2.05, 4.69) is 46.7 Å². The zero-order valence-corrected chi connectivity index (χ0v) is 13.7. The molecule has 0 amide bonds. The average Bonchev–Trinajstić information content (AvgIpc) is 2.51. The summed E-state index contributed by atoms with van der Waals surface area (Å²) in [5.74, 6) is 0. The molecule has 0 unspecified atom stereocenters. The van der Waals surface area contributed by atoms with Gasteiger partial charge in [-0.15, -0.1) is 0 Å². The van der Waals surface area contributed by atoms with E-state index in [0.29, 0.717) is 6.04 Å². The predicted octanol–water partition coefficient (Wildman–Crippen LogP) is 1.77. The molecule has 2 heterocycles. The van der Waals surface area contributed by atoms with Gasteiger partial charge < -0.3 is 0 Å². The van der Waals surface area contributed by atoms with Gasteiger partial charge in [0.1, 0.15) is 0 Å². The fraction of sp³-hybridized carbons (Fsp3) is 0.611. The van der Waals surface area contributed by atoms with Crippen LogP contribution >= 0.6 is 0 Å². The van der Waals surface area contributed by atoms with Crippen molar-refractivity contribution in [2.24, 2.45) is 0 Å². The Hall–Kier alpha value is -1.41. The second-order valence-corrected chi connectivity index (χ2v) is 6.82. The van der Waals surface area contributed by atoms with Gasteiger partial charge in [-0.3, -0.25) is 14.7 Å². The molecule has 118 valence electrons. The van der Waals surface area contributed by atoms with Crippen LogP contribution in [0, 0.1) is 11.3 Å². The van der Waals surface area contributed by atoms with E-state index in [4.69, 9.17) is 5.26 Å². The molecule has 0 N–H and O–H groups in total. The van der Waals surface area contributed by atoms with Crippen molar-refractivity contribution in [1.29, 1.82) is 5.26 Å². The molecule has 1 aromatic rings. The topological polar surface area (TPSA) is 33.5 Å². The van der Waals surface area contributed by atoms with Crippen molar-refractivity contribution in [3.8, 4) is 6.07 Å². The highest BCUT2D eigenvalue weighted by Gasteiger charge is 2.33. The summed E-state index contributed by atoms with van der Waals surface area (Å²) >= 11 is 0. The molecule has 1 aromatic carbocycles. The van der Waals surface area contributed by atoms with E-state index < -0.39 is 0 Å². The summed E-state index contributed by atoms with van der Waals surface area (Å²) in [5, 5.41) is 8.83. The van der Waals surface area contributed by atoms with Gasteiger partial charge in [-0.2, -0.15) is 5.26 Å². The van der Waals surface area contributed by atoms with Crippen molar-refractivity contribution in [1.82, 2.24) is 14.7 Å². The van der Waals surface area contributed by atoms with Crippen molar-refractivity contribution in [3.05, 3.63) is 35.4 Å². The highest BCUT2D eigenvalue weighted by Crippen LogP contribution is 2.20. The SMILES string of the molecule is CC(C)N1CCN(C2CN(Cc3ccc(C#N)cc3)C2)CC1. The van der Waals surface area contributed by atoms with Crippen LogP contribution in [0.5, 0.6) is 0 Å². The molecule has 2 fully saturated rings.